The lowest BCUT2D eigenvalue weighted by atomic mass is 9.92. The number of carbonyl (C=O) groups is 5. The smallest absolute Gasteiger partial charge is 0.273 e. The van der Waals surface area contributed by atoms with Gasteiger partial charge in [-0.2, -0.15) is 0 Å². The molecule has 0 radical (unpaired) electrons. The number of amidine groups is 1. The van der Waals surface area contributed by atoms with Crippen molar-refractivity contribution in [2.45, 2.75) is 52.4 Å². The van der Waals surface area contributed by atoms with Gasteiger partial charge in [0.1, 0.15) is 12.4 Å². The van der Waals surface area contributed by atoms with Crippen LogP contribution in [0, 0.1) is 5.92 Å². The van der Waals surface area contributed by atoms with E-state index in [-0.39, 0.29) is 37.9 Å². The number of piperidine rings is 1. The van der Waals surface area contributed by atoms with Gasteiger partial charge in [0.2, 0.25) is 11.8 Å². The fourth-order valence-corrected chi connectivity index (χ4v) is 8.52. The van der Waals surface area contributed by atoms with Crippen molar-refractivity contribution in [1.29, 1.82) is 0 Å². The molecule has 0 aliphatic carbocycles. The molecule has 4 rings (SSSR count). The number of hydrogen-bond donors (Lipinski definition) is 2. The van der Waals surface area contributed by atoms with E-state index in [0.29, 0.717) is 162 Å². The minimum atomic E-state index is -0.497. The van der Waals surface area contributed by atoms with Crippen LogP contribution in [0.3, 0.4) is 0 Å². The number of nitrogens with one attached hydrogen (secondary N) is 1. The third-order valence-electron chi connectivity index (χ3n) is 11.0. The van der Waals surface area contributed by atoms with Gasteiger partial charge in [-0.1, -0.05) is 6.92 Å². The fourth-order valence-electron chi connectivity index (χ4n) is 7.34. The molecule has 0 unspecified atom stereocenters. The van der Waals surface area contributed by atoms with Gasteiger partial charge in [-0.15, -0.1) is 11.3 Å². The van der Waals surface area contributed by atoms with Crippen LogP contribution in [0.1, 0.15) is 55.7 Å². The monoisotopic (exact) mass is 1040 g/mol. The molecule has 1 aromatic heterocycles. The lowest BCUT2D eigenvalue weighted by Gasteiger charge is -2.32. The molecule has 0 bridgehead atoms. The number of ether oxygens (including phenoxy) is 10. The lowest BCUT2D eigenvalue weighted by molar-refractivity contribution is -0.180. The normalized spacial score (nSPS) is 15.0. The molecule has 3 aliphatic heterocycles. The standard InChI is InChI=1S/C49H78N6O16S/c1-3-11-55(71-4-2)49(60)40-35-43-42(52-44(50)36-40)37-41(72-43)34-39-7-12-53(13-8-39)46(57)9-14-61-16-18-63-20-22-65-24-26-67-28-30-69-32-33-70-31-29-68-27-25-66-23-21-64-19-17-62-15-10-51-45(56)38-54-47(58)5-6-48(54)59/h5-6,35,37,39H,3-4,7-34,36,38H2,1-2H3,(H2,50,52)(H,51,56). The van der Waals surface area contributed by atoms with E-state index in [0.717, 1.165) is 66.4 Å². The summed E-state index contributed by atoms with van der Waals surface area (Å²) >= 11 is 1.65. The Kier molecular flexibility index (Phi) is 31.4. The summed E-state index contributed by atoms with van der Waals surface area (Å²) in [7, 11) is 0. The van der Waals surface area contributed by atoms with E-state index in [1.807, 2.05) is 24.8 Å². The summed E-state index contributed by atoms with van der Waals surface area (Å²) in [6, 6.07) is 2.08. The topological polar surface area (TPSA) is 247 Å². The van der Waals surface area contributed by atoms with Gasteiger partial charge >= 0.3 is 0 Å². The summed E-state index contributed by atoms with van der Waals surface area (Å²) in [5, 5.41) is 4.01. The average Bonchev–Trinajstić information content (AvgIpc) is 3.84. The molecular weight excluding hydrogens is 961 g/mol. The second-order valence-electron chi connectivity index (χ2n) is 16.6. The number of hydrogen-bond acceptors (Lipinski definition) is 19. The molecule has 1 fully saturated rings. The number of likely N-dealkylation sites (tertiary alicyclic amines) is 1. The number of hydroxylamine groups is 2. The number of amides is 5. The number of imide groups is 1. The van der Waals surface area contributed by atoms with Crippen LogP contribution in [-0.4, -0.2) is 222 Å². The first-order chi connectivity index (χ1) is 35.2. The third-order valence-corrected chi connectivity index (χ3v) is 12.1. The van der Waals surface area contributed by atoms with Gasteiger partial charge in [0.15, 0.2) is 0 Å². The van der Waals surface area contributed by atoms with Crippen molar-refractivity contribution >= 4 is 58.5 Å². The van der Waals surface area contributed by atoms with Gasteiger partial charge in [-0.3, -0.25) is 33.7 Å². The van der Waals surface area contributed by atoms with E-state index in [1.165, 1.54) is 9.94 Å². The molecule has 3 N–H and O–H groups in total. The number of nitrogens with zero attached hydrogens (tertiary/aromatic N) is 4. The van der Waals surface area contributed by atoms with Crippen LogP contribution in [0.25, 0.3) is 6.08 Å². The fraction of sp³-hybridized carbons (Fsp3) is 0.714. The molecule has 3 aliphatic rings. The van der Waals surface area contributed by atoms with Gasteiger partial charge in [-0.05, 0) is 50.7 Å². The summed E-state index contributed by atoms with van der Waals surface area (Å²) < 4.78 is 55.1. The number of thiophene rings is 1. The van der Waals surface area contributed by atoms with Gasteiger partial charge < -0.3 is 63.3 Å². The molecular formula is C49H78N6O16S. The van der Waals surface area contributed by atoms with Gasteiger partial charge in [0, 0.05) is 55.2 Å². The molecule has 23 heteroatoms. The summed E-state index contributed by atoms with van der Waals surface area (Å²) in [5.74, 6) is -0.615. The second kappa shape index (κ2) is 37.5. The first-order valence-corrected chi connectivity index (χ1v) is 26.0. The zero-order chi connectivity index (χ0) is 51.4. The lowest BCUT2D eigenvalue weighted by Crippen LogP contribution is -2.41. The van der Waals surface area contributed by atoms with E-state index < -0.39 is 17.7 Å². The van der Waals surface area contributed by atoms with E-state index in [2.05, 4.69) is 16.4 Å². The maximum atomic E-state index is 13.2. The zero-order valence-electron chi connectivity index (χ0n) is 42.3. The minimum Gasteiger partial charge on any atom is -0.387 e. The third kappa shape index (κ3) is 25.1. The Labute approximate surface area is 427 Å². The number of aliphatic imine (C=N–C) groups is 1. The summed E-state index contributed by atoms with van der Waals surface area (Å²) in [6.45, 7) is 14.6. The van der Waals surface area contributed by atoms with Crippen LogP contribution >= 0.6 is 11.3 Å². The molecule has 0 aromatic carbocycles. The number of rotatable bonds is 42. The van der Waals surface area contributed by atoms with Crippen molar-refractivity contribution in [3.8, 4) is 0 Å². The Balaban J connectivity index is 0.829. The molecule has 0 saturated carbocycles. The zero-order valence-corrected chi connectivity index (χ0v) is 43.1. The van der Waals surface area contributed by atoms with Gasteiger partial charge in [-0.25, -0.2) is 10.1 Å². The second-order valence-corrected chi connectivity index (χ2v) is 17.8. The summed E-state index contributed by atoms with van der Waals surface area (Å²) in [6.07, 6.45) is 8.36. The predicted molar refractivity (Wildman–Crippen MR) is 267 cm³/mol. The molecule has 72 heavy (non-hydrogen) atoms. The Hall–Kier alpha value is -4.24. The predicted octanol–water partition coefficient (Wildman–Crippen LogP) is 2.09. The maximum Gasteiger partial charge on any atom is 0.273 e. The molecule has 1 aromatic rings. The van der Waals surface area contributed by atoms with E-state index >= 15 is 0 Å². The molecule has 0 atom stereocenters. The van der Waals surface area contributed by atoms with Crippen LogP contribution in [0.15, 0.2) is 28.8 Å². The molecule has 5 amide bonds. The van der Waals surface area contributed by atoms with Crippen molar-refractivity contribution in [3.05, 3.63) is 33.5 Å². The quantitative estimate of drug-likeness (QED) is 0.0541. The summed E-state index contributed by atoms with van der Waals surface area (Å²) in [5.41, 5.74) is 7.61. The minimum absolute atomic E-state index is 0.110. The SMILES string of the molecule is CCCN(OCC)C(=O)C1=Cc2sc(CC3CCN(C(=O)CCOCCOCCOCCOCCOCCOCCOCCOCCOCCOCCNC(=O)CN4C(=O)C=CC4=O)CC3)cc2N=C(N)C1. The Morgan fingerprint density at radius 3 is 1.65 bits per heavy atom. The van der Waals surface area contributed by atoms with Crippen LogP contribution < -0.4 is 11.1 Å². The van der Waals surface area contributed by atoms with Crippen LogP contribution in [0.4, 0.5) is 5.69 Å². The maximum absolute atomic E-state index is 13.2. The largest absolute Gasteiger partial charge is 0.387 e. The molecule has 1 saturated heterocycles. The van der Waals surface area contributed by atoms with Crippen molar-refractivity contribution < 1.29 is 76.2 Å². The number of fused-ring (bicyclic) bond motifs is 1. The van der Waals surface area contributed by atoms with Crippen molar-refractivity contribution in [2.75, 3.05) is 171 Å². The van der Waals surface area contributed by atoms with Gasteiger partial charge in [0.25, 0.3) is 17.7 Å². The van der Waals surface area contributed by atoms with E-state index in [4.69, 9.17) is 57.9 Å². The number of carbonyl (C=O) groups excluding carboxylic acids is 5. The van der Waals surface area contributed by atoms with Gasteiger partial charge in [0.05, 0.1) is 156 Å². The highest BCUT2D eigenvalue weighted by Crippen LogP contribution is 2.37. The molecule has 4 heterocycles. The van der Waals surface area contributed by atoms with E-state index in [1.54, 1.807) is 11.3 Å². The Morgan fingerprint density at radius 2 is 1.18 bits per heavy atom. The van der Waals surface area contributed by atoms with E-state index in [9.17, 15) is 24.0 Å². The molecule has 406 valence electrons. The summed E-state index contributed by atoms with van der Waals surface area (Å²) in [4.78, 5) is 76.0. The Bertz CT molecular complexity index is 1820. The van der Waals surface area contributed by atoms with Crippen LogP contribution in [0.5, 0.6) is 0 Å². The highest BCUT2D eigenvalue weighted by Gasteiger charge is 2.27. The average molecular weight is 1040 g/mol. The van der Waals surface area contributed by atoms with Crippen LogP contribution in [0.2, 0.25) is 0 Å². The Morgan fingerprint density at radius 1 is 0.708 bits per heavy atom. The van der Waals surface area contributed by atoms with Crippen molar-refractivity contribution in [1.82, 2.24) is 20.2 Å². The first kappa shape index (κ1) is 60.3. The highest BCUT2D eigenvalue weighted by molar-refractivity contribution is 7.13. The van der Waals surface area contributed by atoms with Crippen molar-refractivity contribution in [3.63, 3.8) is 0 Å². The first-order valence-electron chi connectivity index (χ1n) is 25.1. The van der Waals surface area contributed by atoms with Crippen molar-refractivity contribution in [2.24, 2.45) is 16.6 Å². The van der Waals surface area contributed by atoms with Crippen LogP contribution in [-0.2, 0) is 82.6 Å². The molecule has 22 nitrogen and oxygen atoms in total. The molecule has 0 spiro atoms. The highest BCUT2D eigenvalue weighted by atomic mass is 32.1. The number of nitrogens with two attached hydrogens (primary N) is 1.